The number of carbonyl (C=O) groups is 1. The number of likely N-dealkylation sites (tertiary alicyclic amines) is 1. The molecular weight excluding hydrogens is 325 g/mol. The summed E-state index contributed by atoms with van der Waals surface area (Å²) < 4.78 is 64.1. The van der Waals surface area contributed by atoms with Gasteiger partial charge in [-0.1, -0.05) is 0 Å². The van der Waals surface area contributed by atoms with Gasteiger partial charge in [0, 0.05) is 18.8 Å². The lowest BCUT2D eigenvalue weighted by Gasteiger charge is -2.38. The number of carbonyl (C=O) groups excluding carboxylic acids is 1. The van der Waals surface area contributed by atoms with E-state index in [9.17, 15) is 26.4 Å². The molecule has 122 valence electrons. The number of nitrogens with zero attached hydrogens (tertiary/aromatic N) is 1. The first-order valence-corrected chi connectivity index (χ1v) is 7.64. The zero-order chi connectivity index (χ0) is 16.5. The lowest BCUT2D eigenvalue weighted by molar-refractivity contribution is -0.0436. The number of methoxy groups -OCH3 is 1. The summed E-state index contributed by atoms with van der Waals surface area (Å²) >= 11 is 0. The molecule has 0 spiro atoms. The van der Waals surface area contributed by atoms with Crippen LogP contribution in [0.1, 0.15) is 0 Å². The highest BCUT2D eigenvalue weighted by Crippen LogP contribution is 2.30. The molecule has 2 rings (SSSR count). The molecule has 1 fully saturated rings. The van der Waals surface area contributed by atoms with Gasteiger partial charge in [0.15, 0.2) is 0 Å². The maximum absolute atomic E-state index is 12.4. The van der Waals surface area contributed by atoms with Gasteiger partial charge in [0.1, 0.15) is 0 Å². The van der Waals surface area contributed by atoms with Crippen molar-refractivity contribution in [2.24, 2.45) is 0 Å². The third-order valence-corrected chi connectivity index (χ3v) is 4.66. The van der Waals surface area contributed by atoms with E-state index >= 15 is 0 Å². The number of alkyl halides is 3. The smallest absolute Gasteiger partial charge is 0.453 e. The Morgan fingerprint density at radius 2 is 1.82 bits per heavy atom. The summed E-state index contributed by atoms with van der Waals surface area (Å²) in [5.74, 6) is 0. The van der Waals surface area contributed by atoms with Crippen molar-refractivity contribution in [3.05, 3.63) is 24.3 Å². The molecule has 0 atom stereocenters. The van der Waals surface area contributed by atoms with Crippen molar-refractivity contribution in [3.63, 3.8) is 0 Å². The number of benzene rings is 1. The number of rotatable bonds is 3. The number of halogens is 3. The van der Waals surface area contributed by atoms with Gasteiger partial charge in [-0.25, -0.2) is 13.2 Å². The lowest BCUT2D eigenvalue weighted by Crippen LogP contribution is -2.56. The van der Waals surface area contributed by atoms with Gasteiger partial charge >= 0.3 is 11.6 Å². The normalized spacial score (nSPS) is 16.1. The molecule has 1 amide bonds. The average Bonchev–Trinajstić information content (AvgIpc) is 2.41. The first-order chi connectivity index (χ1) is 10.1. The number of nitrogens with one attached hydrogen (secondary N) is 1. The van der Waals surface area contributed by atoms with E-state index in [1.165, 1.54) is 24.1 Å². The molecule has 1 aromatic carbocycles. The molecule has 1 N–H and O–H groups in total. The average molecular weight is 338 g/mol. The van der Waals surface area contributed by atoms with E-state index in [1.54, 1.807) is 0 Å². The minimum Gasteiger partial charge on any atom is -0.453 e. The Kier molecular flexibility index (Phi) is 4.23. The van der Waals surface area contributed by atoms with E-state index in [2.05, 4.69) is 10.1 Å². The van der Waals surface area contributed by atoms with Crippen LogP contribution in [0.25, 0.3) is 0 Å². The van der Waals surface area contributed by atoms with Crippen LogP contribution in [0.5, 0.6) is 0 Å². The zero-order valence-corrected chi connectivity index (χ0v) is 12.2. The number of ether oxygens (including phenoxy) is 1. The fourth-order valence-electron chi connectivity index (χ4n) is 1.95. The fraction of sp³-hybridized carbons (Fsp3) is 0.417. The second-order valence-corrected chi connectivity index (χ2v) is 6.63. The van der Waals surface area contributed by atoms with E-state index in [4.69, 9.17) is 0 Å². The van der Waals surface area contributed by atoms with Gasteiger partial charge in [-0.05, 0) is 24.3 Å². The monoisotopic (exact) mass is 338 g/mol. The molecule has 0 unspecified atom stereocenters. The third kappa shape index (κ3) is 3.11. The summed E-state index contributed by atoms with van der Waals surface area (Å²) in [5, 5.41) is 2.98. The predicted molar refractivity (Wildman–Crippen MR) is 71.1 cm³/mol. The summed E-state index contributed by atoms with van der Waals surface area (Å²) in [4.78, 5) is 11.8. The van der Waals surface area contributed by atoms with Gasteiger partial charge in [0.25, 0.3) is 9.84 Å². The quantitative estimate of drug-likeness (QED) is 0.910. The Morgan fingerprint density at radius 3 is 2.27 bits per heavy atom. The van der Waals surface area contributed by atoms with E-state index in [0.29, 0.717) is 18.8 Å². The van der Waals surface area contributed by atoms with E-state index in [1.807, 2.05) is 0 Å². The number of amides is 1. The maximum atomic E-state index is 12.4. The molecule has 10 heteroatoms. The standard InChI is InChI=1S/C12H13F3N2O4S/c1-21-11(18)17-6-9(7-17)16-8-2-4-10(5-3-8)22(19,20)12(13,14)15/h2-5,9,16H,6-7H2,1H3. The van der Waals surface area contributed by atoms with Crippen molar-refractivity contribution in [1.29, 1.82) is 0 Å². The molecule has 0 aliphatic carbocycles. The summed E-state index contributed by atoms with van der Waals surface area (Å²) in [6.45, 7) is 0.796. The highest BCUT2D eigenvalue weighted by atomic mass is 32.2. The Hall–Kier alpha value is -1.97. The van der Waals surface area contributed by atoms with Gasteiger partial charge in [0.05, 0.1) is 18.0 Å². The van der Waals surface area contributed by atoms with E-state index in [0.717, 1.165) is 12.1 Å². The first kappa shape index (κ1) is 16.4. The highest BCUT2D eigenvalue weighted by Gasteiger charge is 2.46. The van der Waals surface area contributed by atoms with Gasteiger partial charge in [-0.2, -0.15) is 13.2 Å². The molecule has 1 aliphatic heterocycles. The Balaban J connectivity index is 1.98. The largest absolute Gasteiger partial charge is 0.501 e. The summed E-state index contributed by atoms with van der Waals surface area (Å²) in [6, 6.07) is 4.21. The van der Waals surface area contributed by atoms with Crippen LogP contribution in [0.3, 0.4) is 0 Å². The van der Waals surface area contributed by atoms with Gasteiger partial charge in [-0.3, -0.25) is 0 Å². The summed E-state index contributed by atoms with van der Waals surface area (Å²) in [6.07, 6.45) is -0.454. The lowest BCUT2D eigenvalue weighted by atomic mass is 10.1. The van der Waals surface area contributed by atoms with Crippen molar-refractivity contribution < 1.29 is 31.1 Å². The molecule has 1 saturated heterocycles. The predicted octanol–water partition coefficient (Wildman–Crippen LogP) is 1.84. The van der Waals surface area contributed by atoms with Crippen molar-refractivity contribution >= 4 is 21.6 Å². The summed E-state index contributed by atoms with van der Waals surface area (Å²) in [7, 11) is -4.07. The van der Waals surface area contributed by atoms with Gasteiger partial charge < -0.3 is 15.0 Å². The van der Waals surface area contributed by atoms with Crippen LogP contribution in [0.2, 0.25) is 0 Å². The first-order valence-electron chi connectivity index (χ1n) is 6.16. The number of hydrogen-bond acceptors (Lipinski definition) is 5. The van der Waals surface area contributed by atoms with Crippen LogP contribution in [-0.2, 0) is 14.6 Å². The molecule has 1 aliphatic rings. The molecule has 0 bridgehead atoms. The van der Waals surface area contributed by atoms with Gasteiger partial charge in [-0.15, -0.1) is 0 Å². The molecule has 6 nitrogen and oxygen atoms in total. The van der Waals surface area contributed by atoms with Crippen molar-refractivity contribution in [2.75, 3.05) is 25.5 Å². The fourth-order valence-corrected chi connectivity index (χ4v) is 2.71. The second kappa shape index (κ2) is 5.67. The molecule has 1 heterocycles. The van der Waals surface area contributed by atoms with Crippen LogP contribution in [0.15, 0.2) is 29.2 Å². The minimum atomic E-state index is -5.33. The van der Waals surface area contributed by atoms with E-state index in [-0.39, 0.29) is 6.04 Å². The molecule has 1 aromatic rings. The van der Waals surface area contributed by atoms with Crippen LogP contribution in [-0.4, -0.2) is 51.2 Å². The maximum Gasteiger partial charge on any atom is 0.501 e. The SMILES string of the molecule is COC(=O)N1CC(Nc2ccc(S(=O)(=O)C(F)(F)F)cc2)C1. The highest BCUT2D eigenvalue weighted by molar-refractivity contribution is 7.92. The number of sulfone groups is 1. The van der Waals surface area contributed by atoms with Crippen LogP contribution in [0, 0.1) is 0 Å². The molecule has 0 aromatic heterocycles. The Morgan fingerprint density at radius 1 is 1.27 bits per heavy atom. The second-order valence-electron chi connectivity index (χ2n) is 4.69. The van der Waals surface area contributed by atoms with Crippen molar-refractivity contribution in [2.45, 2.75) is 16.4 Å². The van der Waals surface area contributed by atoms with Crippen LogP contribution < -0.4 is 5.32 Å². The molecule has 0 radical (unpaired) electrons. The van der Waals surface area contributed by atoms with Crippen molar-refractivity contribution in [3.8, 4) is 0 Å². The third-order valence-electron chi connectivity index (χ3n) is 3.15. The summed E-state index contributed by atoms with van der Waals surface area (Å²) in [5.41, 5.74) is -4.85. The topological polar surface area (TPSA) is 75.7 Å². The van der Waals surface area contributed by atoms with E-state index < -0.39 is 26.3 Å². The van der Waals surface area contributed by atoms with Crippen LogP contribution >= 0.6 is 0 Å². The molecule has 22 heavy (non-hydrogen) atoms. The molecule has 0 saturated carbocycles. The number of anilines is 1. The zero-order valence-electron chi connectivity index (χ0n) is 11.4. The van der Waals surface area contributed by atoms with Crippen LogP contribution in [0.4, 0.5) is 23.7 Å². The van der Waals surface area contributed by atoms with Crippen molar-refractivity contribution in [1.82, 2.24) is 4.90 Å². The molecular formula is C12H13F3N2O4S. The number of hydrogen-bond donors (Lipinski definition) is 1. The minimum absolute atomic E-state index is 0.0656. The Bertz CT molecular complexity index is 652. The van der Waals surface area contributed by atoms with Gasteiger partial charge in [0.2, 0.25) is 0 Å². The Labute approximate surface area is 124 Å².